The molecule has 0 radical (unpaired) electrons. The molecule has 0 N–H and O–H groups in total. The minimum atomic E-state index is -0.707. The second kappa shape index (κ2) is 8.89. The van der Waals surface area contributed by atoms with Crippen LogP contribution in [0.15, 0.2) is 52.9 Å². The Kier molecular flexibility index (Phi) is 5.89. The number of carbonyl (C=O) groups is 2. The van der Waals surface area contributed by atoms with Crippen molar-refractivity contribution in [1.82, 2.24) is 9.80 Å². The van der Waals surface area contributed by atoms with Crippen LogP contribution in [-0.2, 0) is 11.3 Å². The topological polar surface area (TPSA) is 72.2 Å². The summed E-state index contributed by atoms with van der Waals surface area (Å²) >= 11 is 0. The fourth-order valence-electron chi connectivity index (χ4n) is 4.78. The lowest BCUT2D eigenvalue weighted by Crippen LogP contribution is -2.52. The molecule has 2 aromatic carbocycles. The van der Waals surface area contributed by atoms with E-state index in [1.807, 2.05) is 55.1 Å². The summed E-state index contributed by atoms with van der Waals surface area (Å²) in [5, 5.41) is 0. The normalized spacial score (nSPS) is 16.5. The highest BCUT2D eigenvalue weighted by Crippen LogP contribution is 2.39. The first-order chi connectivity index (χ1) is 16.7. The second-order valence-corrected chi connectivity index (χ2v) is 9.52. The number of piperidine rings is 1. The average molecular weight is 475 g/mol. The number of rotatable bonds is 3. The third-order valence-electron chi connectivity index (χ3n) is 6.80. The van der Waals surface area contributed by atoms with Gasteiger partial charge >= 0.3 is 0 Å². The zero-order chi connectivity index (χ0) is 24.7. The molecular formula is C28H30N2O5. The van der Waals surface area contributed by atoms with E-state index < -0.39 is 5.79 Å². The molecule has 3 heterocycles. The van der Waals surface area contributed by atoms with Crippen LogP contribution in [0.1, 0.15) is 50.6 Å². The van der Waals surface area contributed by atoms with Crippen LogP contribution in [0.5, 0.6) is 5.75 Å². The van der Waals surface area contributed by atoms with Crippen molar-refractivity contribution in [1.29, 1.82) is 0 Å². The van der Waals surface area contributed by atoms with Gasteiger partial charge in [0.25, 0.3) is 11.8 Å². The number of aryl methyl sites for hydroxylation is 2. The molecule has 0 atom stereocenters. The van der Waals surface area contributed by atoms with Crippen LogP contribution in [0.4, 0.5) is 0 Å². The average Bonchev–Trinajstić information content (AvgIpc) is 3.21. The van der Waals surface area contributed by atoms with Crippen molar-refractivity contribution in [3.8, 4) is 16.9 Å². The fourth-order valence-corrected chi connectivity index (χ4v) is 4.78. The van der Waals surface area contributed by atoms with Crippen molar-refractivity contribution < 1.29 is 23.5 Å². The van der Waals surface area contributed by atoms with Crippen LogP contribution >= 0.6 is 0 Å². The van der Waals surface area contributed by atoms with Crippen LogP contribution in [0, 0.1) is 13.8 Å². The summed E-state index contributed by atoms with van der Waals surface area (Å²) in [5.41, 5.74) is 4.35. The number of benzene rings is 2. The summed E-state index contributed by atoms with van der Waals surface area (Å²) < 4.78 is 18.1. The SMILES string of the molecule is Cc1cc(C(=O)N2CCC3(CC2)OCc2cc(-c4ccc(C(=O)N(C)C)cc4)ccc2O3)c(C)o1. The lowest BCUT2D eigenvalue weighted by molar-refractivity contribution is -0.225. The molecule has 7 heteroatoms. The van der Waals surface area contributed by atoms with E-state index in [4.69, 9.17) is 13.9 Å². The Hall–Kier alpha value is -3.58. The molecule has 0 unspecified atom stereocenters. The molecule has 0 saturated carbocycles. The Morgan fingerprint density at radius 2 is 1.63 bits per heavy atom. The molecule has 5 rings (SSSR count). The maximum absolute atomic E-state index is 12.9. The van der Waals surface area contributed by atoms with E-state index in [1.165, 1.54) is 0 Å². The first-order valence-corrected chi connectivity index (χ1v) is 11.9. The summed E-state index contributed by atoms with van der Waals surface area (Å²) in [6.07, 6.45) is 1.22. The third kappa shape index (κ3) is 4.44. The molecule has 0 aliphatic carbocycles. The van der Waals surface area contributed by atoms with Crippen molar-refractivity contribution >= 4 is 11.8 Å². The smallest absolute Gasteiger partial charge is 0.257 e. The zero-order valence-corrected chi connectivity index (χ0v) is 20.6. The van der Waals surface area contributed by atoms with Gasteiger partial charge in [0.2, 0.25) is 5.79 Å². The summed E-state index contributed by atoms with van der Waals surface area (Å²) in [4.78, 5) is 28.5. The molecule has 35 heavy (non-hydrogen) atoms. The van der Waals surface area contributed by atoms with Crippen LogP contribution in [0.2, 0.25) is 0 Å². The van der Waals surface area contributed by atoms with Crippen molar-refractivity contribution in [2.75, 3.05) is 27.2 Å². The Balaban J connectivity index is 1.26. The van der Waals surface area contributed by atoms with Crippen molar-refractivity contribution in [3.63, 3.8) is 0 Å². The second-order valence-electron chi connectivity index (χ2n) is 9.52. The van der Waals surface area contributed by atoms with E-state index in [0.717, 1.165) is 28.2 Å². The molecule has 3 aromatic rings. The Morgan fingerprint density at radius 1 is 0.943 bits per heavy atom. The van der Waals surface area contributed by atoms with Crippen molar-refractivity contribution in [3.05, 3.63) is 76.7 Å². The molecule has 182 valence electrons. The minimum absolute atomic E-state index is 0.00616. The third-order valence-corrected chi connectivity index (χ3v) is 6.80. The van der Waals surface area contributed by atoms with Gasteiger partial charge < -0.3 is 23.7 Å². The molecule has 1 aromatic heterocycles. The Morgan fingerprint density at radius 3 is 2.26 bits per heavy atom. The minimum Gasteiger partial charge on any atom is -0.466 e. The monoisotopic (exact) mass is 474 g/mol. The van der Waals surface area contributed by atoms with Crippen LogP contribution in [-0.4, -0.2) is 54.6 Å². The van der Waals surface area contributed by atoms with Gasteiger partial charge in [-0.25, -0.2) is 0 Å². The number of amides is 2. The first kappa shape index (κ1) is 23.2. The quantitative estimate of drug-likeness (QED) is 0.545. The van der Waals surface area contributed by atoms with E-state index in [1.54, 1.807) is 25.1 Å². The highest BCUT2D eigenvalue weighted by atomic mass is 16.7. The summed E-state index contributed by atoms with van der Waals surface area (Å²) in [5.74, 6) is 1.49. The van der Waals surface area contributed by atoms with E-state index in [-0.39, 0.29) is 11.8 Å². The zero-order valence-electron chi connectivity index (χ0n) is 20.6. The fraction of sp³-hybridized carbons (Fsp3) is 0.357. The maximum atomic E-state index is 12.9. The number of hydrogen-bond donors (Lipinski definition) is 0. The molecule has 2 amide bonds. The van der Waals surface area contributed by atoms with E-state index >= 15 is 0 Å². The van der Waals surface area contributed by atoms with Crippen LogP contribution in [0.3, 0.4) is 0 Å². The molecule has 1 fully saturated rings. The number of ether oxygens (including phenoxy) is 2. The number of likely N-dealkylation sites (tertiary alicyclic amines) is 1. The highest BCUT2D eigenvalue weighted by Gasteiger charge is 2.42. The van der Waals surface area contributed by atoms with Gasteiger partial charge in [-0.1, -0.05) is 18.2 Å². The Labute approximate surface area is 205 Å². The first-order valence-electron chi connectivity index (χ1n) is 11.9. The molecule has 1 saturated heterocycles. The van der Waals surface area contributed by atoms with Crippen molar-refractivity contribution in [2.45, 2.75) is 39.1 Å². The van der Waals surface area contributed by atoms with E-state index in [0.29, 0.717) is 49.4 Å². The molecule has 2 aliphatic heterocycles. The van der Waals surface area contributed by atoms with Crippen LogP contribution in [0.25, 0.3) is 11.1 Å². The molecule has 2 aliphatic rings. The number of fused-ring (bicyclic) bond motifs is 1. The predicted octanol–water partition coefficient (Wildman–Crippen LogP) is 4.81. The molecule has 1 spiro atoms. The summed E-state index contributed by atoms with van der Waals surface area (Å²) in [6, 6.07) is 15.5. The van der Waals surface area contributed by atoms with Gasteiger partial charge in [-0.2, -0.15) is 0 Å². The number of hydrogen-bond acceptors (Lipinski definition) is 5. The van der Waals surface area contributed by atoms with Gasteiger partial charge in [0, 0.05) is 51.2 Å². The summed E-state index contributed by atoms with van der Waals surface area (Å²) in [7, 11) is 3.49. The van der Waals surface area contributed by atoms with Gasteiger partial charge in [0.05, 0.1) is 12.2 Å². The number of furan rings is 1. The van der Waals surface area contributed by atoms with Gasteiger partial charge in [0.1, 0.15) is 17.3 Å². The number of carbonyl (C=O) groups excluding carboxylic acids is 2. The predicted molar refractivity (Wildman–Crippen MR) is 131 cm³/mol. The standard InChI is InChI=1S/C28H30N2O5/c1-18-15-24(19(2)34-18)27(32)30-13-11-28(12-14-30)33-17-23-16-22(9-10-25(23)35-28)20-5-7-21(8-6-20)26(31)29(3)4/h5-10,15-16H,11-14,17H2,1-4H3. The van der Waals surface area contributed by atoms with Gasteiger partial charge in [-0.3, -0.25) is 9.59 Å². The maximum Gasteiger partial charge on any atom is 0.257 e. The largest absolute Gasteiger partial charge is 0.466 e. The van der Waals surface area contributed by atoms with Gasteiger partial charge in [-0.15, -0.1) is 0 Å². The van der Waals surface area contributed by atoms with Crippen molar-refractivity contribution in [2.24, 2.45) is 0 Å². The summed E-state index contributed by atoms with van der Waals surface area (Å²) in [6.45, 7) is 5.25. The number of nitrogens with zero attached hydrogens (tertiary/aromatic N) is 2. The lowest BCUT2D eigenvalue weighted by Gasteiger charge is -2.44. The van der Waals surface area contributed by atoms with E-state index in [9.17, 15) is 9.59 Å². The van der Waals surface area contributed by atoms with Gasteiger partial charge in [0.15, 0.2) is 0 Å². The highest BCUT2D eigenvalue weighted by molar-refractivity contribution is 5.95. The molecule has 0 bridgehead atoms. The van der Waals surface area contributed by atoms with Crippen LogP contribution < -0.4 is 4.74 Å². The Bertz CT molecular complexity index is 1270. The van der Waals surface area contributed by atoms with E-state index in [2.05, 4.69) is 6.07 Å². The molecular weight excluding hydrogens is 444 g/mol. The lowest BCUT2D eigenvalue weighted by atomic mass is 9.98. The molecule has 7 nitrogen and oxygen atoms in total. The van der Waals surface area contributed by atoms with Gasteiger partial charge in [-0.05, 0) is 55.3 Å².